The quantitative estimate of drug-likeness (QED) is 0.565. The molecule has 31 heavy (non-hydrogen) atoms. The summed E-state index contributed by atoms with van der Waals surface area (Å²) in [5, 5.41) is 2.81. The van der Waals surface area contributed by atoms with Gasteiger partial charge in [0.2, 0.25) is 5.91 Å². The van der Waals surface area contributed by atoms with E-state index >= 15 is 0 Å². The number of aromatic nitrogens is 2. The van der Waals surface area contributed by atoms with Crippen LogP contribution in [-0.2, 0) is 29.0 Å². The van der Waals surface area contributed by atoms with Gasteiger partial charge in [-0.2, -0.15) is 0 Å². The van der Waals surface area contributed by atoms with Gasteiger partial charge in [-0.25, -0.2) is 9.36 Å². The summed E-state index contributed by atoms with van der Waals surface area (Å²) < 4.78 is 7.73. The van der Waals surface area contributed by atoms with Crippen molar-refractivity contribution in [2.45, 2.75) is 39.3 Å². The number of carbonyl (C=O) groups excluding carboxylic acids is 1. The topological polar surface area (TPSA) is 112 Å². The van der Waals surface area contributed by atoms with Gasteiger partial charge in [-0.1, -0.05) is 37.3 Å². The minimum absolute atomic E-state index is 0.151. The van der Waals surface area contributed by atoms with Crippen LogP contribution < -0.4 is 27.2 Å². The molecule has 1 aliphatic heterocycles. The molecule has 0 atom stereocenters. The van der Waals surface area contributed by atoms with Crippen LogP contribution in [0.2, 0.25) is 0 Å². The van der Waals surface area contributed by atoms with E-state index < -0.39 is 11.2 Å². The number of hydrogen-bond donors (Lipinski definition) is 2. The Hall–Kier alpha value is -3.07. The molecule has 0 aliphatic carbocycles. The van der Waals surface area contributed by atoms with Crippen molar-refractivity contribution in [1.82, 2.24) is 14.5 Å². The van der Waals surface area contributed by atoms with Crippen LogP contribution in [0, 0.1) is 0 Å². The van der Waals surface area contributed by atoms with Gasteiger partial charge in [0, 0.05) is 26.2 Å². The van der Waals surface area contributed by atoms with Gasteiger partial charge in [0.25, 0.3) is 5.56 Å². The molecule has 1 aliphatic rings. The molecule has 9 heteroatoms. The number of nitrogen functional groups attached to an aromatic ring is 1. The molecule has 3 N–H and O–H groups in total. The molecule has 0 bridgehead atoms. The van der Waals surface area contributed by atoms with E-state index in [0.717, 1.165) is 17.4 Å². The highest BCUT2D eigenvalue weighted by atomic mass is 16.5. The first-order valence-electron chi connectivity index (χ1n) is 10.8. The minimum Gasteiger partial charge on any atom is -0.383 e. The van der Waals surface area contributed by atoms with Gasteiger partial charge in [-0.05, 0) is 24.8 Å². The number of anilines is 2. The van der Waals surface area contributed by atoms with Crippen LogP contribution in [0.5, 0.6) is 0 Å². The standard InChI is InChI=1S/C22H31N5O4/c1-2-11-26-20(23)19(25-12-14-31-15-13-25)21(29)27(22(26)30)16-18(28)24-10-6-9-17-7-4-3-5-8-17/h3-5,7-8H,2,6,9-16,23H2,1H3,(H,24,28). The molecule has 1 saturated heterocycles. The minimum atomic E-state index is -0.555. The summed E-state index contributed by atoms with van der Waals surface area (Å²) in [6, 6.07) is 10.0. The SMILES string of the molecule is CCCn1c(N)c(N2CCOCC2)c(=O)n(CC(=O)NCCCc2ccccc2)c1=O. The number of nitrogens with zero attached hydrogens (tertiary/aromatic N) is 3. The van der Waals surface area contributed by atoms with E-state index in [-0.39, 0.29) is 24.0 Å². The molecule has 9 nitrogen and oxygen atoms in total. The zero-order chi connectivity index (χ0) is 22.2. The van der Waals surface area contributed by atoms with E-state index in [2.05, 4.69) is 5.32 Å². The van der Waals surface area contributed by atoms with E-state index in [1.807, 2.05) is 42.2 Å². The maximum Gasteiger partial charge on any atom is 0.333 e. The predicted octanol–water partition coefficient (Wildman–Crippen LogP) is 0.588. The van der Waals surface area contributed by atoms with Gasteiger partial charge < -0.3 is 20.7 Å². The molecule has 1 amide bonds. The molecule has 3 rings (SSSR count). The zero-order valence-corrected chi connectivity index (χ0v) is 18.0. The molecule has 0 saturated carbocycles. The van der Waals surface area contributed by atoms with Gasteiger partial charge >= 0.3 is 5.69 Å². The normalized spacial score (nSPS) is 13.9. The molecule has 2 aromatic rings. The Kier molecular flexibility index (Phi) is 7.88. The van der Waals surface area contributed by atoms with Gasteiger partial charge in [0.05, 0.1) is 13.2 Å². The number of amides is 1. The first kappa shape index (κ1) is 22.6. The number of rotatable bonds is 9. The summed E-state index contributed by atoms with van der Waals surface area (Å²) in [7, 11) is 0. The Labute approximate surface area is 181 Å². The number of nitrogens with two attached hydrogens (primary N) is 1. The van der Waals surface area contributed by atoms with Crippen molar-refractivity contribution in [2.24, 2.45) is 0 Å². The zero-order valence-electron chi connectivity index (χ0n) is 18.0. The summed E-state index contributed by atoms with van der Waals surface area (Å²) in [5.74, 6) is -0.216. The highest BCUT2D eigenvalue weighted by Gasteiger charge is 2.24. The number of benzene rings is 1. The molecule has 2 heterocycles. The molecule has 0 unspecified atom stereocenters. The summed E-state index contributed by atoms with van der Waals surface area (Å²) in [6.07, 6.45) is 2.29. The number of nitrogens with one attached hydrogen (secondary N) is 1. The molecule has 1 aromatic heterocycles. The fraction of sp³-hybridized carbons (Fsp3) is 0.500. The molecule has 1 fully saturated rings. The lowest BCUT2D eigenvalue weighted by molar-refractivity contribution is -0.121. The van der Waals surface area contributed by atoms with Crippen molar-refractivity contribution < 1.29 is 9.53 Å². The smallest absolute Gasteiger partial charge is 0.333 e. The van der Waals surface area contributed by atoms with Crippen molar-refractivity contribution in [3.05, 3.63) is 56.7 Å². The average Bonchev–Trinajstić information content (AvgIpc) is 2.79. The third kappa shape index (κ3) is 5.55. The highest BCUT2D eigenvalue weighted by Crippen LogP contribution is 2.18. The first-order valence-corrected chi connectivity index (χ1v) is 10.8. The molecule has 0 radical (unpaired) electrons. The van der Waals surface area contributed by atoms with Crippen LogP contribution >= 0.6 is 0 Å². The Bertz CT molecular complexity index is 993. The maximum absolute atomic E-state index is 13.1. The molecular formula is C22H31N5O4. The highest BCUT2D eigenvalue weighted by molar-refractivity contribution is 5.76. The van der Waals surface area contributed by atoms with E-state index in [0.29, 0.717) is 45.8 Å². The second kappa shape index (κ2) is 10.8. The van der Waals surface area contributed by atoms with Gasteiger partial charge in [-0.15, -0.1) is 0 Å². The van der Waals surface area contributed by atoms with Crippen LogP contribution in [0.25, 0.3) is 0 Å². The second-order valence-corrected chi connectivity index (χ2v) is 7.60. The maximum atomic E-state index is 13.1. The Morgan fingerprint density at radius 1 is 1.13 bits per heavy atom. The van der Waals surface area contributed by atoms with Gasteiger partial charge in [0.1, 0.15) is 18.1 Å². The van der Waals surface area contributed by atoms with Crippen molar-refractivity contribution in [1.29, 1.82) is 0 Å². The van der Waals surface area contributed by atoms with Crippen LogP contribution in [0.3, 0.4) is 0 Å². The third-order valence-corrected chi connectivity index (χ3v) is 5.33. The van der Waals surface area contributed by atoms with Crippen molar-refractivity contribution >= 4 is 17.4 Å². The third-order valence-electron chi connectivity index (χ3n) is 5.33. The van der Waals surface area contributed by atoms with Crippen LogP contribution in [0.15, 0.2) is 39.9 Å². The lowest BCUT2D eigenvalue weighted by Crippen LogP contribution is -2.49. The second-order valence-electron chi connectivity index (χ2n) is 7.60. The lowest BCUT2D eigenvalue weighted by atomic mass is 10.1. The van der Waals surface area contributed by atoms with E-state index in [9.17, 15) is 14.4 Å². The largest absolute Gasteiger partial charge is 0.383 e. The monoisotopic (exact) mass is 429 g/mol. The molecule has 0 spiro atoms. The summed E-state index contributed by atoms with van der Waals surface area (Å²) >= 11 is 0. The van der Waals surface area contributed by atoms with Crippen molar-refractivity contribution in [2.75, 3.05) is 43.5 Å². The number of morpholine rings is 1. The van der Waals surface area contributed by atoms with Crippen LogP contribution in [0.1, 0.15) is 25.3 Å². The fourth-order valence-corrected chi connectivity index (χ4v) is 3.73. The number of carbonyl (C=O) groups is 1. The number of aryl methyl sites for hydroxylation is 1. The van der Waals surface area contributed by atoms with Crippen LogP contribution in [-0.4, -0.2) is 47.9 Å². The van der Waals surface area contributed by atoms with Gasteiger partial charge in [-0.3, -0.25) is 14.2 Å². The van der Waals surface area contributed by atoms with E-state index in [1.165, 1.54) is 10.1 Å². The van der Waals surface area contributed by atoms with E-state index in [1.54, 1.807) is 0 Å². The fourth-order valence-electron chi connectivity index (χ4n) is 3.73. The van der Waals surface area contributed by atoms with Crippen molar-refractivity contribution in [3.63, 3.8) is 0 Å². The average molecular weight is 430 g/mol. The lowest BCUT2D eigenvalue weighted by Gasteiger charge is -2.30. The van der Waals surface area contributed by atoms with Crippen LogP contribution in [0.4, 0.5) is 11.5 Å². The number of hydrogen-bond acceptors (Lipinski definition) is 6. The number of ether oxygens (including phenoxy) is 1. The predicted molar refractivity (Wildman–Crippen MR) is 120 cm³/mol. The summed E-state index contributed by atoms with van der Waals surface area (Å²) in [5.41, 5.74) is 6.61. The Morgan fingerprint density at radius 3 is 2.52 bits per heavy atom. The first-order chi connectivity index (χ1) is 15.0. The van der Waals surface area contributed by atoms with E-state index in [4.69, 9.17) is 10.5 Å². The molecule has 1 aromatic carbocycles. The van der Waals surface area contributed by atoms with Gasteiger partial charge in [0.15, 0.2) is 0 Å². The summed E-state index contributed by atoms with van der Waals surface area (Å²) in [4.78, 5) is 40.4. The molecular weight excluding hydrogens is 398 g/mol. The molecule has 168 valence electrons. The Morgan fingerprint density at radius 2 is 1.84 bits per heavy atom. The summed E-state index contributed by atoms with van der Waals surface area (Å²) in [6.45, 7) is 4.42. The Balaban J connectivity index is 1.74. The van der Waals surface area contributed by atoms with Crippen molar-refractivity contribution in [3.8, 4) is 0 Å².